The highest BCUT2D eigenvalue weighted by molar-refractivity contribution is 9.10. The lowest BCUT2D eigenvalue weighted by atomic mass is 9.84. The molecule has 2 rings (SSSR count). The number of nitrogens with two attached hydrogens (primary N) is 1. The molecule has 5 nitrogen and oxygen atoms in total. The molecular formula is C10H14BrN3O2S. The van der Waals surface area contributed by atoms with Gasteiger partial charge in [0.25, 0.3) is 0 Å². The van der Waals surface area contributed by atoms with Crippen molar-refractivity contribution in [2.24, 2.45) is 5.14 Å². The van der Waals surface area contributed by atoms with Crippen molar-refractivity contribution in [3.63, 3.8) is 0 Å². The van der Waals surface area contributed by atoms with Gasteiger partial charge in [-0.2, -0.15) is 0 Å². The molecule has 0 bridgehead atoms. The molecule has 0 radical (unpaired) electrons. The maximum atomic E-state index is 11.6. The predicted molar refractivity (Wildman–Crippen MR) is 70.1 cm³/mol. The number of nitrogens with zero attached hydrogens (tertiary/aromatic N) is 1. The molecule has 0 atom stereocenters. The molecule has 1 aliphatic rings. The van der Waals surface area contributed by atoms with E-state index in [-0.39, 0.29) is 0 Å². The fourth-order valence-corrected chi connectivity index (χ4v) is 3.43. The number of anilines is 1. The molecule has 94 valence electrons. The van der Waals surface area contributed by atoms with E-state index in [2.05, 4.69) is 26.2 Å². The Hall–Kier alpha value is -0.660. The summed E-state index contributed by atoms with van der Waals surface area (Å²) in [6.45, 7) is 0.342. The van der Waals surface area contributed by atoms with Crippen molar-refractivity contribution >= 4 is 31.6 Å². The fourth-order valence-electron chi connectivity index (χ4n) is 1.91. The van der Waals surface area contributed by atoms with Crippen LogP contribution in [0.2, 0.25) is 0 Å². The van der Waals surface area contributed by atoms with Gasteiger partial charge in [-0.3, -0.25) is 4.98 Å². The molecule has 0 unspecified atom stereocenters. The number of pyridine rings is 1. The standard InChI is InChI=1S/C10H14BrN3O2S/c11-8-6-13-5-2-9(8)14-7-10(3-1-4-10)17(12,15)16/h2,5-6H,1,3-4,7H2,(H,13,14)(H2,12,15,16). The summed E-state index contributed by atoms with van der Waals surface area (Å²) in [6, 6.07) is 1.79. The quantitative estimate of drug-likeness (QED) is 0.880. The van der Waals surface area contributed by atoms with E-state index in [1.807, 2.05) is 0 Å². The highest BCUT2D eigenvalue weighted by atomic mass is 79.9. The van der Waals surface area contributed by atoms with Gasteiger partial charge >= 0.3 is 0 Å². The smallest absolute Gasteiger partial charge is 0.216 e. The third kappa shape index (κ3) is 2.46. The first kappa shape index (κ1) is 12.8. The average molecular weight is 320 g/mol. The molecule has 0 aromatic carbocycles. The molecule has 3 N–H and O–H groups in total. The molecule has 1 heterocycles. The first-order valence-electron chi connectivity index (χ1n) is 5.30. The molecule has 1 aliphatic carbocycles. The van der Waals surface area contributed by atoms with Gasteiger partial charge in [-0.15, -0.1) is 0 Å². The number of nitrogens with one attached hydrogen (secondary N) is 1. The molecule has 1 aromatic rings. The second kappa shape index (κ2) is 4.55. The summed E-state index contributed by atoms with van der Waals surface area (Å²) in [7, 11) is -3.50. The lowest BCUT2D eigenvalue weighted by Gasteiger charge is -2.39. The molecule has 0 spiro atoms. The van der Waals surface area contributed by atoms with E-state index in [0.717, 1.165) is 16.6 Å². The molecule has 1 aromatic heterocycles. The molecule has 0 saturated heterocycles. The average Bonchev–Trinajstić information content (AvgIpc) is 2.16. The topological polar surface area (TPSA) is 85.1 Å². The van der Waals surface area contributed by atoms with Crippen LogP contribution in [0.1, 0.15) is 19.3 Å². The second-order valence-corrected chi connectivity index (χ2v) is 7.10. The van der Waals surface area contributed by atoms with Crippen molar-refractivity contribution in [2.45, 2.75) is 24.0 Å². The van der Waals surface area contributed by atoms with Crippen LogP contribution in [0.15, 0.2) is 22.9 Å². The number of aromatic nitrogens is 1. The van der Waals surface area contributed by atoms with E-state index in [9.17, 15) is 8.42 Å². The lowest BCUT2D eigenvalue weighted by molar-refractivity contribution is 0.351. The zero-order valence-electron chi connectivity index (χ0n) is 9.19. The largest absolute Gasteiger partial charge is 0.382 e. The Bertz CT molecular complexity index is 514. The Balaban J connectivity index is 2.10. The first-order chi connectivity index (χ1) is 7.95. The fraction of sp³-hybridized carbons (Fsp3) is 0.500. The van der Waals surface area contributed by atoms with Gasteiger partial charge in [0.05, 0.1) is 10.2 Å². The van der Waals surface area contributed by atoms with Crippen LogP contribution in [0.25, 0.3) is 0 Å². The summed E-state index contributed by atoms with van der Waals surface area (Å²) in [5, 5.41) is 8.40. The number of rotatable bonds is 4. The molecule has 0 amide bonds. The number of primary sulfonamides is 1. The van der Waals surface area contributed by atoms with E-state index in [1.165, 1.54) is 0 Å². The van der Waals surface area contributed by atoms with Gasteiger partial charge in [-0.25, -0.2) is 13.6 Å². The van der Waals surface area contributed by atoms with Crippen LogP contribution >= 0.6 is 15.9 Å². The van der Waals surface area contributed by atoms with Gasteiger partial charge in [-0.1, -0.05) is 6.42 Å². The van der Waals surface area contributed by atoms with Gasteiger partial charge in [0.1, 0.15) is 4.75 Å². The molecule has 1 saturated carbocycles. The first-order valence-corrected chi connectivity index (χ1v) is 7.64. The van der Waals surface area contributed by atoms with E-state index in [4.69, 9.17) is 5.14 Å². The molecule has 17 heavy (non-hydrogen) atoms. The maximum Gasteiger partial charge on any atom is 0.216 e. The molecule has 0 aliphatic heterocycles. The van der Waals surface area contributed by atoms with Crippen LogP contribution in [0, 0.1) is 0 Å². The Morgan fingerprint density at radius 2 is 2.24 bits per heavy atom. The van der Waals surface area contributed by atoms with Crippen LogP contribution in [0.4, 0.5) is 5.69 Å². The van der Waals surface area contributed by atoms with Crippen LogP contribution in [-0.2, 0) is 10.0 Å². The Morgan fingerprint density at radius 3 is 2.71 bits per heavy atom. The predicted octanol–water partition coefficient (Wildman–Crippen LogP) is 1.47. The lowest BCUT2D eigenvalue weighted by Crippen LogP contribution is -2.53. The molecular weight excluding hydrogens is 306 g/mol. The van der Waals surface area contributed by atoms with E-state index in [0.29, 0.717) is 19.4 Å². The normalized spacial score (nSPS) is 18.5. The molecule has 1 fully saturated rings. The third-order valence-electron chi connectivity index (χ3n) is 3.24. The van der Waals surface area contributed by atoms with Crippen LogP contribution in [0.3, 0.4) is 0 Å². The highest BCUT2D eigenvalue weighted by Crippen LogP contribution is 2.38. The minimum atomic E-state index is -3.50. The zero-order valence-corrected chi connectivity index (χ0v) is 11.6. The number of sulfonamides is 1. The van der Waals surface area contributed by atoms with Crippen molar-refractivity contribution < 1.29 is 8.42 Å². The van der Waals surface area contributed by atoms with Crippen molar-refractivity contribution in [1.82, 2.24) is 4.98 Å². The Kier molecular flexibility index (Phi) is 3.42. The number of halogens is 1. The summed E-state index contributed by atoms with van der Waals surface area (Å²) in [4.78, 5) is 3.94. The van der Waals surface area contributed by atoms with E-state index in [1.54, 1.807) is 18.5 Å². The summed E-state index contributed by atoms with van der Waals surface area (Å²) >= 11 is 3.35. The monoisotopic (exact) mass is 319 g/mol. The Morgan fingerprint density at radius 1 is 1.53 bits per heavy atom. The zero-order chi connectivity index (χ0) is 12.5. The third-order valence-corrected chi connectivity index (χ3v) is 5.63. The van der Waals surface area contributed by atoms with Crippen LogP contribution < -0.4 is 10.5 Å². The highest BCUT2D eigenvalue weighted by Gasteiger charge is 2.46. The van der Waals surface area contributed by atoms with Gasteiger partial charge < -0.3 is 5.32 Å². The van der Waals surface area contributed by atoms with E-state index >= 15 is 0 Å². The summed E-state index contributed by atoms with van der Waals surface area (Å²) in [5.41, 5.74) is 0.829. The summed E-state index contributed by atoms with van der Waals surface area (Å²) in [6.07, 6.45) is 5.48. The van der Waals surface area contributed by atoms with Gasteiger partial charge in [0.2, 0.25) is 10.0 Å². The van der Waals surface area contributed by atoms with Gasteiger partial charge in [-0.05, 0) is 34.8 Å². The maximum absolute atomic E-state index is 11.6. The second-order valence-electron chi connectivity index (χ2n) is 4.29. The SMILES string of the molecule is NS(=O)(=O)C1(CNc2ccncc2Br)CCC1. The Labute approximate surface area is 109 Å². The summed E-state index contributed by atoms with van der Waals surface area (Å²) in [5.74, 6) is 0. The van der Waals surface area contributed by atoms with Crippen molar-refractivity contribution in [3.05, 3.63) is 22.9 Å². The van der Waals surface area contributed by atoms with Gasteiger partial charge in [0, 0.05) is 18.9 Å². The van der Waals surface area contributed by atoms with Gasteiger partial charge in [0.15, 0.2) is 0 Å². The van der Waals surface area contributed by atoms with Crippen molar-refractivity contribution in [2.75, 3.05) is 11.9 Å². The van der Waals surface area contributed by atoms with E-state index < -0.39 is 14.8 Å². The molecule has 7 heteroatoms. The van der Waals surface area contributed by atoms with Crippen LogP contribution in [-0.4, -0.2) is 24.7 Å². The number of hydrogen-bond acceptors (Lipinski definition) is 4. The summed E-state index contributed by atoms with van der Waals surface area (Å²) < 4.78 is 23.1. The minimum absolute atomic E-state index is 0.342. The van der Waals surface area contributed by atoms with Crippen molar-refractivity contribution in [3.8, 4) is 0 Å². The minimum Gasteiger partial charge on any atom is -0.382 e. The van der Waals surface area contributed by atoms with Crippen LogP contribution in [0.5, 0.6) is 0 Å². The number of hydrogen-bond donors (Lipinski definition) is 2. The van der Waals surface area contributed by atoms with Crippen molar-refractivity contribution in [1.29, 1.82) is 0 Å².